The van der Waals surface area contributed by atoms with Gasteiger partial charge in [-0.1, -0.05) is 0 Å². The Bertz CT molecular complexity index is 246. The molecule has 2 atom stereocenters. The van der Waals surface area contributed by atoms with Gasteiger partial charge in [0.25, 0.3) is 0 Å². The highest BCUT2D eigenvalue weighted by Crippen LogP contribution is 2.16. The van der Waals surface area contributed by atoms with E-state index < -0.39 is 0 Å². The van der Waals surface area contributed by atoms with Gasteiger partial charge in [-0.3, -0.25) is 4.79 Å². The molecule has 2 unspecified atom stereocenters. The van der Waals surface area contributed by atoms with E-state index in [0.717, 1.165) is 32.5 Å². The Kier molecular flexibility index (Phi) is 4.80. The van der Waals surface area contributed by atoms with Gasteiger partial charge in [0.1, 0.15) is 0 Å². The van der Waals surface area contributed by atoms with Crippen LogP contribution in [0.3, 0.4) is 0 Å². The Morgan fingerprint density at radius 1 is 1.35 bits per heavy atom. The first kappa shape index (κ1) is 12.8. The molecule has 4 nitrogen and oxygen atoms in total. The first-order valence-corrected chi connectivity index (χ1v) is 6.84. The number of rotatable bonds is 4. The molecule has 98 valence electrons. The molecule has 0 radical (unpaired) electrons. The molecule has 0 aromatic carbocycles. The molecular weight excluding hydrogens is 216 g/mol. The number of carbonyl (C=O) groups excluding carboxylic acids is 1. The summed E-state index contributed by atoms with van der Waals surface area (Å²) in [5.41, 5.74) is 0. The monoisotopic (exact) mass is 240 g/mol. The fourth-order valence-electron chi connectivity index (χ4n) is 2.66. The average Bonchev–Trinajstić information content (AvgIpc) is 2.83. The van der Waals surface area contributed by atoms with Gasteiger partial charge in [0.2, 0.25) is 5.91 Å². The first-order valence-electron chi connectivity index (χ1n) is 6.84. The fraction of sp³-hybridized carbons (Fsp3) is 0.923. The standard InChI is InChI=1S/C13H24N2O2/c1-15(10-11-5-4-7-14-11)13(16)9-12-6-2-3-8-17-12/h11-12,14H,2-10H2,1H3. The minimum Gasteiger partial charge on any atom is -0.378 e. The van der Waals surface area contributed by atoms with Crippen LogP contribution >= 0.6 is 0 Å². The van der Waals surface area contributed by atoms with Gasteiger partial charge in [-0.2, -0.15) is 0 Å². The zero-order valence-corrected chi connectivity index (χ0v) is 10.8. The lowest BCUT2D eigenvalue weighted by Crippen LogP contribution is -2.40. The largest absolute Gasteiger partial charge is 0.378 e. The second-order valence-electron chi connectivity index (χ2n) is 5.26. The van der Waals surface area contributed by atoms with Crippen molar-refractivity contribution in [2.24, 2.45) is 0 Å². The van der Waals surface area contributed by atoms with Crippen molar-refractivity contribution in [1.29, 1.82) is 0 Å². The molecule has 17 heavy (non-hydrogen) atoms. The number of carbonyl (C=O) groups is 1. The fourth-order valence-corrected chi connectivity index (χ4v) is 2.66. The maximum atomic E-state index is 12.0. The highest BCUT2D eigenvalue weighted by atomic mass is 16.5. The van der Waals surface area contributed by atoms with E-state index in [0.29, 0.717) is 12.5 Å². The summed E-state index contributed by atoms with van der Waals surface area (Å²) in [6, 6.07) is 0.497. The highest BCUT2D eigenvalue weighted by molar-refractivity contribution is 5.76. The molecule has 1 N–H and O–H groups in total. The van der Waals surface area contributed by atoms with E-state index >= 15 is 0 Å². The van der Waals surface area contributed by atoms with E-state index in [1.165, 1.54) is 19.3 Å². The second-order valence-corrected chi connectivity index (χ2v) is 5.26. The molecule has 0 saturated carbocycles. The third-order valence-electron chi connectivity index (χ3n) is 3.76. The second kappa shape index (κ2) is 6.36. The van der Waals surface area contributed by atoms with Crippen LogP contribution in [0.25, 0.3) is 0 Å². The Balaban J connectivity index is 1.70. The molecule has 2 fully saturated rings. The summed E-state index contributed by atoms with van der Waals surface area (Å²) in [6.45, 7) is 2.76. The van der Waals surface area contributed by atoms with Gasteiger partial charge in [-0.15, -0.1) is 0 Å². The molecule has 4 heteroatoms. The van der Waals surface area contributed by atoms with Crippen molar-refractivity contribution in [3.63, 3.8) is 0 Å². The van der Waals surface area contributed by atoms with Crippen molar-refractivity contribution in [3.05, 3.63) is 0 Å². The predicted molar refractivity (Wildman–Crippen MR) is 66.9 cm³/mol. The number of hydrogen-bond donors (Lipinski definition) is 1. The van der Waals surface area contributed by atoms with Crippen molar-refractivity contribution >= 4 is 5.91 Å². The maximum absolute atomic E-state index is 12.0. The van der Waals surface area contributed by atoms with Gasteiger partial charge in [0.05, 0.1) is 12.5 Å². The van der Waals surface area contributed by atoms with Crippen LogP contribution < -0.4 is 5.32 Å². The minimum absolute atomic E-state index is 0.162. The third kappa shape index (κ3) is 3.96. The summed E-state index contributed by atoms with van der Waals surface area (Å²) in [6.07, 6.45) is 6.54. The van der Waals surface area contributed by atoms with E-state index in [4.69, 9.17) is 4.74 Å². The van der Waals surface area contributed by atoms with Crippen LogP contribution in [0.4, 0.5) is 0 Å². The normalized spacial score (nSPS) is 29.2. The van der Waals surface area contributed by atoms with E-state index in [-0.39, 0.29) is 12.0 Å². The van der Waals surface area contributed by atoms with Crippen LogP contribution in [-0.2, 0) is 9.53 Å². The Morgan fingerprint density at radius 3 is 2.88 bits per heavy atom. The molecule has 2 rings (SSSR count). The topological polar surface area (TPSA) is 41.6 Å². The molecule has 0 aromatic rings. The molecule has 0 aromatic heterocycles. The van der Waals surface area contributed by atoms with Crippen LogP contribution in [0.1, 0.15) is 38.5 Å². The summed E-state index contributed by atoms with van der Waals surface area (Å²) < 4.78 is 5.61. The highest BCUT2D eigenvalue weighted by Gasteiger charge is 2.22. The van der Waals surface area contributed by atoms with Crippen molar-refractivity contribution in [2.45, 2.75) is 50.7 Å². The molecule has 0 aliphatic carbocycles. The number of nitrogens with zero attached hydrogens (tertiary/aromatic N) is 1. The summed E-state index contributed by atoms with van der Waals surface area (Å²) >= 11 is 0. The van der Waals surface area contributed by atoms with Crippen LogP contribution in [0.2, 0.25) is 0 Å². The molecule has 2 heterocycles. The van der Waals surface area contributed by atoms with Gasteiger partial charge in [-0.05, 0) is 38.6 Å². The molecule has 2 saturated heterocycles. The number of likely N-dealkylation sites (N-methyl/N-ethyl adjacent to an activating group) is 1. The zero-order chi connectivity index (χ0) is 12.1. The van der Waals surface area contributed by atoms with Gasteiger partial charge in [0.15, 0.2) is 0 Å². The van der Waals surface area contributed by atoms with Gasteiger partial charge in [0, 0.05) is 26.2 Å². The summed E-state index contributed by atoms with van der Waals surface area (Å²) in [5.74, 6) is 0.227. The molecule has 2 aliphatic rings. The number of ether oxygens (including phenoxy) is 1. The quantitative estimate of drug-likeness (QED) is 0.801. The van der Waals surface area contributed by atoms with E-state index in [2.05, 4.69) is 5.32 Å². The number of amides is 1. The lowest BCUT2D eigenvalue weighted by Gasteiger charge is -2.26. The summed E-state index contributed by atoms with van der Waals surface area (Å²) in [4.78, 5) is 13.9. The van der Waals surface area contributed by atoms with Crippen LogP contribution in [0.5, 0.6) is 0 Å². The maximum Gasteiger partial charge on any atom is 0.224 e. The van der Waals surface area contributed by atoms with E-state index in [1.807, 2.05) is 11.9 Å². The van der Waals surface area contributed by atoms with Gasteiger partial charge >= 0.3 is 0 Å². The first-order chi connectivity index (χ1) is 8.25. The molecular formula is C13H24N2O2. The summed E-state index contributed by atoms with van der Waals surface area (Å²) in [7, 11) is 1.91. The van der Waals surface area contributed by atoms with Crippen LogP contribution in [0, 0.1) is 0 Å². The molecule has 0 bridgehead atoms. The molecule has 2 aliphatic heterocycles. The lowest BCUT2D eigenvalue weighted by molar-refractivity contribution is -0.134. The van der Waals surface area contributed by atoms with Gasteiger partial charge in [-0.25, -0.2) is 0 Å². The Morgan fingerprint density at radius 2 is 2.24 bits per heavy atom. The van der Waals surface area contributed by atoms with Crippen molar-refractivity contribution in [3.8, 4) is 0 Å². The van der Waals surface area contributed by atoms with Crippen molar-refractivity contribution in [1.82, 2.24) is 10.2 Å². The SMILES string of the molecule is CN(CC1CCCN1)C(=O)CC1CCCCO1. The minimum atomic E-state index is 0.162. The van der Waals surface area contributed by atoms with Crippen molar-refractivity contribution < 1.29 is 9.53 Å². The predicted octanol–water partition coefficient (Wildman–Crippen LogP) is 1.16. The van der Waals surface area contributed by atoms with Gasteiger partial charge < -0.3 is 15.0 Å². The van der Waals surface area contributed by atoms with Crippen LogP contribution in [-0.4, -0.2) is 49.7 Å². The Hall–Kier alpha value is -0.610. The number of hydrogen-bond acceptors (Lipinski definition) is 3. The van der Waals surface area contributed by atoms with E-state index in [9.17, 15) is 4.79 Å². The third-order valence-corrected chi connectivity index (χ3v) is 3.76. The molecule has 0 spiro atoms. The van der Waals surface area contributed by atoms with Crippen LogP contribution in [0.15, 0.2) is 0 Å². The average molecular weight is 240 g/mol. The molecule has 1 amide bonds. The number of nitrogens with one attached hydrogen (secondary N) is 1. The van der Waals surface area contributed by atoms with E-state index in [1.54, 1.807) is 0 Å². The Labute approximate surface area is 104 Å². The van der Waals surface area contributed by atoms with Crippen molar-refractivity contribution in [2.75, 3.05) is 26.7 Å². The lowest BCUT2D eigenvalue weighted by atomic mass is 10.1. The smallest absolute Gasteiger partial charge is 0.224 e. The summed E-state index contributed by atoms with van der Waals surface area (Å²) in [5, 5.41) is 3.42. The zero-order valence-electron chi connectivity index (χ0n) is 10.8.